The highest BCUT2D eigenvalue weighted by Gasteiger charge is 2.40. The average molecular weight is 298 g/mol. The molecule has 2 heterocycles. The first kappa shape index (κ1) is 13.9. The van der Waals surface area contributed by atoms with Crippen molar-refractivity contribution in [3.05, 3.63) is 6.20 Å². The van der Waals surface area contributed by atoms with Crippen LogP contribution in [0.25, 0.3) is 0 Å². The molecule has 1 aromatic heterocycles. The predicted molar refractivity (Wildman–Crippen MR) is 76.5 cm³/mol. The summed E-state index contributed by atoms with van der Waals surface area (Å²) >= 11 is 0. The molecule has 0 unspecified atom stereocenters. The maximum absolute atomic E-state index is 12.6. The van der Waals surface area contributed by atoms with Crippen molar-refractivity contribution in [2.45, 2.75) is 43.4 Å². The van der Waals surface area contributed by atoms with Gasteiger partial charge in [-0.1, -0.05) is 12.8 Å². The number of hydrogen-bond acceptors (Lipinski definition) is 4. The first-order valence-corrected chi connectivity index (χ1v) is 8.66. The van der Waals surface area contributed by atoms with Gasteiger partial charge in [-0.2, -0.15) is 9.40 Å². The SMILES string of the molecule is Cn1cc(S(=O)(=O)N2CCC3(CCCC3)CC2)c(N)n1. The first-order chi connectivity index (χ1) is 9.43. The van der Waals surface area contributed by atoms with Crippen LogP contribution < -0.4 is 5.73 Å². The minimum absolute atomic E-state index is 0.0913. The van der Waals surface area contributed by atoms with Gasteiger partial charge in [-0.3, -0.25) is 4.68 Å². The van der Waals surface area contributed by atoms with Crippen molar-refractivity contribution in [3.63, 3.8) is 0 Å². The Labute approximate surface area is 120 Å². The summed E-state index contributed by atoms with van der Waals surface area (Å²) in [5, 5.41) is 3.93. The van der Waals surface area contributed by atoms with E-state index in [1.807, 2.05) is 0 Å². The number of nitrogens with two attached hydrogens (primary N) is 1. The van der Waals surface area contributed by atoms with Crippen LogP contribution in [0.1, 0.15) is 38.5 Å². The van der Waals surface area contributed by atoms with E-state index in [-0.39, 0.29) is 10.7 Å². The second kappa shape index (κ2) is 4.73. The number of rotatable bonds is 2. The zero-order valence-electron chi connectivity index (χ0n) is 11.9. The van der Waals surface area contributed by atoms with E-state index in [1.54, 1.807) is 11.4 Å². The zero-order valence-corrected chi connectivity index (χ0v) is 12.7. The smallest absolute Gasteiger partial charge is 0.248 e. The fourth-order valence-corrected chi connectivity index (χ4v) is 5.18. The Morgan fingerprint density at radius 3 is 2.30 bits per heavy atom. The lowest BCUT2D eigenvalue weighted by Crippen LogP contribution is -2.42. The molecule has 1 saturated heterocycles. The number of piperidine rings is 1. The molecule has 112 valence electrons. The van der Waals surface area contributed by atoms with E-state index >= 15 is 0 Å². The third-order valence-corrected chi connectivity index (χ3v) is 6.80. The summed E-state index contributed by atoms with van der Waals surface area (Å²) < 4.78 is 28.3. The fourth-order valence-electron chi connectivity index (χ4n) is 3.65. The molecule has 2 fully saturated rings. The lowest BCUT2D eigenvalue weighted by Gasteiger charge is -2.38. The molecule has 20 heavy (non-hydrogen) atoms. The van der Waals surface area contributed by atoms with Crippen LogP contribution >= 0.6 is 0 Å². The van der Waals surface area contributed by atoms with Crippen LogP contribution in [0.5, 0.6) is 0 Å². The van der Waals surface area contributed by atoms with E-state index < -0.39 is 10.0 Å². The maximum atomic E-state index is 12.6. The Morgan fingerprint density at radius 1 is 1.20 bits per heavy atom. The van der Waals surface area contributed by atoms with E-state index in [0.717, 1.165) is 12.8 Å². The van der Waals surface area contributed by atoms with Crippen molar-refractivity contribution < 1.29 is 8.42 Å². The molecule has 1 aliphatic carbocycles. The fraction of sp³-hybridized carbons (Fsp3) is 0.769. The van der Waals surface area contributed by atoms with Gasteiger partial charge in [0.15, 0.2) is 5.82 Å². The molecule has 6 nitrogen and oxygen atoms in total. The summed E-state index contributed by atoms with van der Waals surface area (Å²) in [5.41, 5.74) is 6.12. The number of nitrogens with zero attached hydrogens (tertiary/aromatic N) is 3. The van der Waals surface area contributed by atoms with Crippen LogP contribution in [-0.4, -0.2) is 35.6 Å². The van der Waals surface area contributed by atoms with Crippen molar-refractivity contribution >= 4 is 15.8 Å². The third-order valence-electron chi connectivity index (χ3n) is 4.89. The van der Waals surface area contributed by atoms with E-state index in [1.165, 1.54) is 36.6 Å². The number of anilines is 1. The van der Waals surface area contributed by atoms with Gasteiger partial charge in [0.05, 0.1) is 0 Å². The van der Waals surface area contributed by atoms with Gasteiger partial charge in [0.25, 0.3) is 0 Å². The summed E-state index contributed by atoms with van der Waals surface area (Å²) in [4.78, 5) is 0.141. The van der Waals surface area contributed by atoms with Gasteiger partial charge in [-0.05, 0) is 31.1 Å². The average Bonchev–Trinajstić information content (AvgIpc) is 2.97. The maximum Gasteiger partial charge on any atom is 0.248 e. The molecule has 1 saturated carbocycles. The van der Waals surface area contributed by atoms with Crippen molar-refractivity contribution in [2.24, 2.45) is 12.5 Å². The van der Waals surface area contributed by atoms with Crippen LogP contribution in [-0.2, 0) is 17.1 Å². The Balaban J connectivity index is 1.78. The predicted octanol–water partition coefficient (Wildman–Crippen LogP) is 1.35. The molecule has 0 amide bonds. The molecule has 3 rings (SSSR count). The van der Waals surface area contributed by atoms with Gasteiger partial charge < -0.3 is 5.73 Å². The quantitative estimate of drug-likeness (QED) is 0.893. The zero-order chi connectivity index (χ0) is 14.4. The Kier molecular flexibility index (Phi) is 3.29. The van der Waals surface area contributed by atoms with Crippen LogP contribution in [0.3, 0.4) is 0 Å². The van der Waals surface area contributed by atoms with Crippen LogP contribution in [0.2, 0.25) is 0 Å². The molecule has 0 atom stereocenters. The lowest BCUT2D eigenvalue weighted by molar-refractivity contribution is 0.160. The normalized spacial score (nSPS) is 23.4. The topological polar surface area (TPSA) is 81.2 Å². The highest BCUT2D eigenvalue weighted by Crippen LogP contribution is 2.46. The van der Waals surface area contributed by atoms with Crippen molar-refractivity contribution in [1.82, 2.24) is 14.1 Å². The molecule has 1 aliphatic heterocycles. The number of sulfonamides is 1. The summed E-state index contributed by atoms with van der Waals surface area (Å²) in [5.74, 6) is 0.0913. The summed E-state index contributed by atoms with van der Waals surface area (Å²) in [7, 11) is -1.81. The standard InChI is InChI=1S/C13H22N4O2S/c1-16-10-11(12(14)15-16)20(18,19)17-8-6-13(7-9-17)4-2-3-5-13/h10H,2-9H2,1H3,(H2,14,15). The Hall–Kier alpha value is -1.08. The highest BCUT2D eigenvalue weighted by atomic mass is 32.2. The number of aryl methyl sites for hydroxylation is 1. The number of aromatic nitrogens is 2. The monoisotopic (exact) mass is 298 g/mol. The summed E-state index contributed by atoms with van der Waals surface area (Å²) in [6, 6.07) is 0. The van der Waals surface area contributed by atoms with Gasteiger partial charge in [0.1, 0.15) is 4.90 Å². The van der Waals surface area contributed by atoms with Crippen LogP contribution in [0.15, 0.2) is 11.1 Å². The highest BCUT2D eigenvalue weighted by molar-refractivity contribution is 7.89. The molecule has 1 spiro atoms. The van der Waals surface area contributed by atoms with Crippen LogP contribution in [0, 0.1) is 5.41 Å². The van der Waals surface area contributed by atoms with Gasteiger partial charge in [0, 0.05) is 26.3 Å². The third kappa shape index (κ3) is 2.22. The minimum atomic E-state index is -3.49. The van der Waals surface area contributed by atoms with E-state index in [0.29, 0.717) is 18.5 Å². The van der Waals surface area contributed by atoms with Crippen molar-refractivity contribution in [1.29, 1.82) is 0 Å². The van der Waals surface area contributed by atoms with Crippen molar-refractivity contribution in [2.75, 3.05) is 18.8 Å². The molecule has 0 radical (unpaired) electrons. The van der Waals surface area contributed by atoms with Gasteiger partial charge >= 0.3 is 0 Å². The largest absolute Gasteiger partial charge is 0.381 e. The second-order valence-corrected chi connectivity index (χ2v) is 8.07. The van der Waals surface area contributed by atoms with Gasteiger partial charge in [0.2, 0.25) is 10.0 Å². The number of nitrogen functional groups attached to an aromatic ring is 1. The summed E-state index contributed by atoms with van der Waals surface area (Å²) in [6.07, 6.45) is 8.56. The molecular formula is C13H22N4O2S. The molecule has 0 bridgehead atoms. The Morgan fingerprint density at radius 2 is 1.80 bits per heavy atom. The van der Waals surface area contributed by atoms with E-state index in [9.17, 15) is 8.42 Å². The van der Waals surface area contributed by atoms with Gasteiger partial charge in [-0.15, -0.1) is 0 Å². The molecule has 7 heteroatoms. The molecule has 2 aliphatic rings. The second-order valence-electron chi connectivity index (χ2n) is 6.16. The molecule has 0 aromatic carbocycles. The van der Waals surface area contributed by atoms with Crippen LogP contribution in [0.4, 0.5) is 5.82 Å². The lowest BCUT2D eigenvalue weighted by atomic mass is 9.78. The Bertz CT molecular complexity index is 592. The summed E-state index contributed by atoms with van der Waals surface area (Å²) in [6.45, 7) is 1.22. The molecule has 1 aromatic rings. The first-order valence-electron chi connectivity index (χ1n) is 7.22. The molecular weight excluding hydrogens is 276 g/mol. The molecule has 2 N–H and O–H groups in total. The van der Waals surface area contributed by atoms with E-state index in [4.69, 9.17) is 5.73 Å². The van der Waals surface area contributed by atoms with Gasteiger partial charge in [-0.25, -0.2) is 8.42 Å². The minimum Gasteiger partial charge on any atom is -0.381 e. The van der Waals surface area contributed by atoms with Crippen molar-refractivity contribution in [3.8, 4) is 0 Å². The number of hydrogen-bond donors (Lipinski definition) is 1. The van der Waals surface area contributed by atoms with E-state index in [2.05, 4.69) is 5.10 Å².